The zero-order chi connectivity index (χ0) is 14.7. The molecule has 0 saturated carbocycles. The van der Waals surface area contributed by atoms with E-state index in [1.165, 1.54) is 16.7 Å². The normalized spacial score (nSPS) is 16.9. The van der Waals surface area contributed by atoms with E-state index in [2.05, 4.69) is 28.8 Å². The van der Waals surface area contributed by atoms with Gasteiger partial charge in [-0.25, -0.2) is 4.79 Å². The third kappa shape index (κ3) is 3.24. The van der Waals surface area contributed by atoms with Crippen molar-refractivity contribution in [1.82, 2.24) is 5.32 Å². The molecule has 3 rings (SSSR count). The topological polar surface area (TPSA) is 41.1 Å². The van der Waals surface area contributed by atoms with Crippen molar-refractivity contribution < 1.29 is 4.79 Å². The van der Waals surface area contributed by atoms with Crippen molar-refractivity contribution in [1.29, 1.82) is 0 Å². The number of urea groups is 1. The minimum Gasteiger partial charge on any atom is -0.331 e. The third-order valence-corrected chi connectivity index (χ3v) is 3.98. The number of hydrogen-bond donors (Lipinski definition) is 2. The predicted octanol–water partition coefficient (Wildman–Crippen LogP) is 4.19. The summed E-state index contributed by atoms with van der Waals surface area (Å²) in [7, 11) is 0. The zero-order valence-corrected chi connectivity index (χ0v) is 12.2. The van der Waals surface area contributed by atoms with Crippen molar-refractivity contribution in [3.63, 3.8) is 0 Å². The first-order valence-electron chi connectivity index (χ1n) is 7.44. The maximum Gasteiger partial charge on any atom is 0.319 e. The first kappa shape index (κ1) is 13.7. The first-order chi connectivity index (χ1) is 10.2. The van der Waals surface area contributed by atoms with Crippen LogP contribution in [0.15, 0.2) is 48.5 Å². The Kier molecular flexibility index (Phi) is 3.91. The van der Waals surface area contributed by atoms with Gasteiger partial charge in [-0.2, -0.15) is 0 Å². The van der Waals surface area contributed by atoms with Gasteiger partial charge in [0.05, 0.1) is 6.04 Å². The van der Waals surface area contributed by atoms with E-state index in [1.807, 2.05) is 37.3 Å². The summed E-state index contributed by atoms with van der Waals surface area (Å²) in [4.78, 5) is 12.2. The number of carbonyl (C=O) groups is 1. The maximum atomic E-state index is 12.2. The van der Waals surface area contributed by atoms with E-state index >= 15 is 0 Å². The van der Waals surface area contributed by atoms with Crippen LogP contribution < -0.4 is 10.6 Å². The second kappa shape index (κ2) is 6.00. The summed E-state index contributed by atoms with van der Waals surface area (Å²) in [5.41, 5.74) is 4.61. The molecule has 0 spiro atoms. The second-order valence-electron chi connectivity index (χ2n) is 5.61. The van der Waals surface area contributed by atoms with Crippen LogP contribution >= 0.6 is 0 Å². The molecule has 0 saturated heterocycles. The lowest BCUT2D eigenvalue weighted by atomic mass is 9.88. The van der Waals surface area contributed by atoms with Gasteiger partial charge in [0.15, 0.2) is 0 Å². The number of carbonyl (C=O) groups excluding carboxylic acids is 1. The van der Waals surface area contributed by atoms with Gasteiger partial charge in [-0.15, -0.1) is 0 Å². The number of nitrogens with one attached hydrogen (secondary N) is 2. The molecule has 2 aromatic rings. The number of amides is 2. The number of anilines is 1. The van der Waals surface area contributed by atoms with Crippen molar-refractivity contribution in [2.45, 2.75) is 32.2 Å². The largest absolute Gasteiger partial charge is 0.331 e. The summed E-state index contributed by atoms with van der Waals surface area (Å²) in [5, 5.41) is 5.99. The lowest BCUT2D eigenvalue weighted by Gasteiger charge is -2.26. The molecule has 0 heterocycles. The summed E-state index contributed by atoms with van der Waals surface area (Å²) >= 11 is 0. The lowest BCUT2D eigenvalue weighted by molar-refractivity contribution is 0.247. The Bertz CT molecular complexity index is 634. The Morgan fingerprint density at radius 3 is 2.67 bits per heavy atom. The van der Waals surface area contributed by atoms with Gasteiger partial charge < -0.3 is 10.6 Å². The number of benzene rings is 2. The van der Waals surface area contributed by atoms with Crippen LogP contribution in [0.2, 0.25) is 0 Å². The molecule has 21 heavy (non-hydrogen) atoms. The fourth-order valence-electron chi connectivity index (χ4n) is 2.87. The minimum atomic E-state index is -0.138. The molecule has 0 bridgehead atoms. The van der Waals surface area contributed by atoms with Crippen LogP contribution in [0.1, 0.15) is 35.6 Å². The molecule has 1 aliphatic rings. The molecule has 0 radical (unpaired) electrons. The van der Waals surface area contributed by atoms with Gasteiger partial charge in [0.1, 0.15) is 0 Å². The molecule has 0 unspecified atom stereocenters. The number of hydrogen-bond acceptors (Lipinski definition) is 1. The summed E-state index contributed by atoms with van der Waals surface area (Å²) in [6, 6.07) is 16.2. The predicted molar refractivity (Wildman–Crippen MR) is 85.5 cm³/mol. The molecule has 108 valence electrons. The molecular formula is C18H20N2O. The van der Waals surface area contributed by atoms with Crippen molar-refractivity contribution in [3.05, 3.63) is 65.2 Å². The van der Waals surface area contributed by atoms with Gasteiger partial charge in [0.2, 0.25) is 0 Å². The summed E-state index contributed by atoms with van der Waals surface area (Å²) < 4.78 is 0. The maximum absolute atomic E-state index is 12.2. The summed E-state index contributed by atoms with van der Waals surface area (Å²) in [5.74, 6) is 0. The molecule has 0 aliphatic heterocycles. The highest BCUT2D eigenvalue weighted by molar-refractivity contribution is 5.89. The zero-order valence-electron chi connectivity index (χ0n) is 12.2. The Balaban J connectivity index is 1.67. The van der Waals surface area contributed by atoms with Crippen LogP contribution in [0, 0.1) is 6.92 Å². The second-order valence-corrected chi connectivity index (χ2v) is 5.61. The van der Waals surface area contributed by atoms with Gasteiger partial charge in [0.25, 0.3) is 0 Å². The van der Waals surface area contributed by atoms with Gasteiger partial charge in [-0.05, 0) is 49.4 Å². The fourth-order valence-corrected chi connectivity index (χ4v) is 2.87. The van der Waals surface area contributed by atoms with E-state index in [0.717, 1.165) is 24.9 Å². The molecule has 1 atom stereocenters. The fraction of sp³-hybridized carbons (Fsp3) is 0.278. The average Bonchev–Trinajstić information content (AvgIpc) is 2.50. The highest BCUT2D eigenvalue weighted by atomic mass is 16.2. The summed E-state index contributed by atoms with van der Waals surface area (Å²) in [6.07, 6.45) is 3.22. The van der Waals surface area contributed by atoms with Gasteiger partial charge in [0, 0.05) is 5.69 Å². The molecule has 0 aromatic heterocycles. The van der Waals surface area contributed by atoms with Crippen molar-refractivity contribution in [3.8, 4) is 0 Å². The number of fused-ring (bicyclic) bond motifs is 1. The standard InChI is InChI=1S/C18H20N2O/c1-13-9-11-15(12-10-13)19-18(21)20-17-8-4-6-14-5-2-3-7-16(14)17/h2-3,5,7,9-12,17H,4,6,8H2,1H3,(H2,19,20,21)/t17-/m0/s1. The van der Waals surface area contributed by atoms with Crippen LogP contribution in [0.3, 0.4) is 0 Å². The Morgan fingerprint density at radius 1 is 1.10 bits per heavy atom. The van der Waals surface area contributed by atoms with Gasteiger partial charge in [-0.3, -0.25) is 0 Å². The van der Waals surface area contributed by atoms with Crippen LogP contribution in [-0.2, 0) is 6.42 Å². The van der Waals surface area contributed by atoms with Crippen molar-refractivity contribution in [2.24, 2.45) is 0 Å². The van der Waals surface area contributed by atoms with Gasteiger partial charge >= 0.3 is 6.03 Å². The van der Waals surface area contributed by atoms with Gasteiger partial charge in [-0.1, -0.05) is 42.0 Å². The van der Waals surface area contributed by atoms with E-state index in [9.17, 15) is 4.79 Å². The molecule has 0 fully saturated rings. The first-order valence-corrected chi connectivity index (χ1v) is 7.44. The highest BCUT2D eigenvalue weighted by Crippen LogP contribution is 2.29. The molecule has 3 heteroatoms. The Hall–Kier alpha value is -2.29. The highest BCUT2D eigenvalue weighted by Gasteiger charge is 2.21. The Labute approximate surface area is 125 Å². The number of rotatable bonds is 2. The molecule has 2 N–H and O–H groups in total. The number of aryl methyl sites for hydroxylation is 2. The van der Waals surface area contributed by atoms with Crippen LogP contribution in [0.5, 0.6) is 0 Å². The van der Waals surface area contributed by atoms with E-state index in [4.69, 9.17) is 0 Å². The van der Waals surface area contributed by atoms with E-state index in [1.54, 1.807) is 0 Å². The lowest BCUT2D eigenvalue weighted by Crippen LogP contribution is -2.34. The third-order valence-electron chi connectivity index (χ3n) is 3.98. The molecule has 2 amide bonds. The smallest absolute Gasteiger partial charge is 0.319 e. The van der Waals surface area contributed by atoms with Crippen LogP contribution in [0.4, 0.5) is 10.5 Å². The van der Waals surface area contributed by atoms with Crippen molar-refractivity contribution >= 4 is 11.7 Å². The van der Waals surface area contributed by atoms with E-state index < -0.39 is 0 Å². The monoisotopic (exact) mass is 280 g/mol. The molecular weight excluding hydrogens is 260 g/mol. The van der Waals surface area contributed by atoms with E-state index in [-0.39, 0.29) is 12.1 Å². The SMILES string of the molecule is Cc1ccc(NC(=O)N[C@H]2CCCc3ccccc32)cc1. The molecule has 1 aliphatic carbocycles. The molecule has 2 aromatic carbocycles. The van der Waals surface area contributed by atoms with Crippen LogP contribution in [0.25, 0.3) is 0 Å². The minimum absolute atomic E-state index is 0.111. The Morgan fingerprint density at radius 2 is 1.86 bits per heavy atom. The van der Waals surface area contributed by atoms with E-state index in [0.29, 0.717) is 0 Å². The summed E-state index contributed by atoms with van der Waals surface area (Å²) in [6.45, 7) is 2.03. The average molecular weight is 280 g/mol. The quantitative estimate of drug-likeness (QED) is 0.850. The van der Waals surface area contributed by atoms with Crippen molar-refractivity contribution in [2.75, 3.05) is 5.32 Å². The van der Waals surface area contributed by atoms with Crippen LogP contribution in [-0.4, -0.2) is 6.03 Å². The molecule has 3 nitrogen and oxygen atoms in total.